The van der Waals surface area contributed by atoms with Crippen LogP contribution >= 0.6 is 11.6 Å². The molecule has 0 aliphatic heterocycles. The fourth-order valence-electron chi connectivity index (χ4n) is 3.42. The van der Waals surface area contributed by atoms with Gasteiger partial charge in [0.2, 0.25) is 5.91 Å². The summed E-state index contributed by atoms with van der Waals surface area (Å²) in [7, 11) is 0. The first-order chi connectivity index (χ1) is 14.7. The molecule has 0 fully saturated rings. The van der Waals surface area contributed by atoms with E-state index in [0.29, 0.717) is 24.5 Å². The molecular formula is C21H22ClN7O. The lowest BCUT2D eigenvalue weighted by Gasteiger charge is -2.17. The number of hydrogen-bond donors (Lipinski definition) is 2. The highest BCUT2D eigenvalue weighted by atomic mass is 35.5. The number of aryl methyl sites for hydroxylation is 1. The van der Waals surface area contributed by atoms with E-state index >= 15 is 0 Å². The van der Waals surface area contributed by atoms with Crippen molar-refractivity contribution in [2.75, 3.05) is 6.54 Å². The molecule has 0 aliphatic rings. The number of benzene rings is 2. The minimum Gasteiger partial charge on any atom is -0.356 e. The second kappa shape index (κ2) is 9.49. The summed E-state index contributed by atoms with van der Waals surface area (Å²) < 4.78 is 1.63. The summed E-state index contributed by atoms with van der Waals surface area (Å²) >= 11 is 6.00. The van der Waals surface area contributed by atoms with Gasteiger partial charge in [0, 0.05) is 30.3 Å². The minimum atomic E-state index is -0.0545. The Kier molecular flexibility index (Phi) is 6.34. The van der Waals surface area contributed by atoms with Gasteiger partial charge in [-0.15, -0.1) is 5.10 Å². The van der Waals surface area contributed by atoms with Crippen LogP contribution in [0.5, 0.6) is 0 Å². The monoisotopic (exact) mass is 423 g/mol. The molecule has 2 heterocycles. The van der Waals surface area contributed by atoms with E-state index in [1.807, 2.05) is 48.5 Å². The Morgan fingerprint density at radius 3 is 2.77 bits per heavy atom. The third-order valence-corrected chi connectivity index (χ3v) is 5.18. The normalized spacial score (nSPS) is 12.2. The molecule has 2 N–H and O–H groups in total. The van der Waals surface area contributed by atoms with E-state index in [1.165, 1.54) is 0 Å². The molecule has 0 bridgehead atoms. The summed E-state index contributed by atoms with van der Waals surface area (Å²) in [5, 5.41) is 14.9. The third-order valence-electron chi connectivity index (χ3n) is 4.92. The van der Waals surface area contributed by atoms with Crippen LogP contribution in [0.1, 0.15) is 30.1 Å². The zero-order valence-electron chi connectivity index (χ0n) is 16.3. The van der Waals surface area contributed by atoms with Crippen LogP contribution in [0.25, 0.3) is 11.0 Å². The molecule has 154 valence electrons. The molecule has 0 spiro atoms. The molecule has 1 amide bonds. The number of nitrogens with one attached hydrogen (secondary N) is 2. The SMILES string of the molecule is O=C(C[C@@H](Cn1cnnn1)c1ccc(Cl)cc1)NCCCc1nc2ccccc2[nH]1. The number of carbonyl (C=O) groups is 1. The Labute approximate surface area is 178 Å². The molecule has 1 atom stereocenters. The summed E-state index contributed by atoms with van der Waals surface area (Å²) in [6.07, 6.45) is 3.48. The highest BCUT2D eigenvalue weighted by Crippen LogP contribution is 2.23. The Balaban J connectivity index is 1.30. The number of hydrogen-bond acceptors (Lipinski definition) is 5. The molecule has 0 saturated carbocycles. The number of carbonyl (C=O) groups excluding carboxylic acids is 1. The zero-order valence-corrected chi connectivity index (χ0v) is 17.1. The predicted molar refractivity (Wildman–Crippen MR) is 114 cm³/mol. The van der Waals surface area contributed by atoms with E-state index in [2.05, 4.69) is 30.8 Å². The molecule has 0 unspecified atom stereocenters. The molecule has 4 rings (SSSR count). The van der Waals surface area contributed by atoms with Crippen LogP contribution in [0.3, 0.4) is 0 Å². The number of halogens is 1. The van der Waals surface area contributed by atoms with Gasteiger partial charge in [-0.3, -0.25) is 4.79 Å². The molecule has 30 heavy (non-hydrogen) atoms. The van der Waals surface area contributed by atoms with Crippen LogP contribution in [0, 0.1) is 0 Å². The van der Waals surface area contributed by atoms with Crippen molar-refractivity contribution >= 4 is 28.5 Å². The van der Waals surface area contributed by atoms with Gasteiger partial charge in [-0.2, -0.15) is 0 Å². The summed E-state index contributed by atoms with van der Waals surface area (Å²) in [6, 6.07) is 15.5. The predicted octanol–water partition coefficient (Wildman–Crippen LogP) is 3.13. The van der Waals surface area contributed by atoms with Crippen molar-refractivity contribution in [3.8, 4) is 0 Å². The number of amides is 1. The van der Waals surface area contributed by atoms with Crippen LogP contribution in [0.15, 0.2) is 54.9 Å². The first kappa shape index (κ1) is 20.0. The first-order valence-corrected chi connectivity index (χ1v) is 10.2. The Bertz CT molecular complexity index is 1060. The van der Waals surface area contributed by atoms with Gasteiger partial charge in [-0.1, -0.05) is 35.9 Å². The number of imidazole rings is 1. The number of tetrazole rings is 1. The van der Waals surface area contributed by atoms with Crippen LogP contribution < -0.4 is 5.32 Å². The molecule has 9 heteroatoms. The van der Waals surface area contributed by atoms with Crippen LogP contribution in [-0.4, -0.2) is 42.6 Å². The maximum Gasteiger partial charge on any atom is 0.220 e. The molecule has 2 aromatic carbocycles. The zero-order chi connectivity index (χ0) is 20.8. The summed E-state index contributed by atoms with van der Waals surface area (Å²) in [4.78, 5) is 20.4. The topological polar surface area (TPSA) is 101 Å². The number of nitrogens with zero attached hydrogens (tertiary/aromatic N) is 5. The van der Waals surface area contributed by atoms with E-state index < -0.39 is 0 Å². The number of aromatic amines is 1. The quantitative estimate of drug-likeness (QED) is 0.403. The summed E-state index contributed by atoms with van der Waals surface area (Å²) in [5.74, 6) is 0.872. The molecule has 0 radical (unpaired) electrons. The molecule has 0 saturated heterocycles. The lowest BCUT2D eigenvalue weighted by molar-refractivity contribution is -0.121. The van der Waals surface area contributed by atoms with Gasteiger partial charge in [0.25, 0.3) is 0 Å². The summed E-state index contributed by atoms with van der Waals surface area (Å²) in [6.45, 7) is 1.11. The van der Waals surface area contributed by atoms with E-state index in [-0.39, 0.29) is 11.8 Å². The van der Waals surface area contributed by atoms with Crippen molar-refractivity contribution in [2.45, 2.75) is 31.7 Å². The molecule has 2 aromatic heterocycles. The lowest BCUT2D eigenvalue weighted by Crippen LogP contribution is -2.27. The number of fused-ring (bicyclic) bond motifs is 1. The second-order valence-electron chi connectivity index (χ2n) is 7.14. The van der Waals surface area contributed by atoms with Crippen molar-refractivity contribution in [3.05, 3.63) is 71.3 Å². The van der Waals surface area contributed by atoms with Gasteiger partial charge in [0.1, 0.15) is 12.2 Å². The molecule has 8 nitrogen and oxygen atoms in total. The third kappa shape index (κ3) is 5.21. The fraction of sp³-hybridized carbons (Fsp3) is 0.286. The smallest absolute Gasteiger partial charge is 0.220 e. The van der Waals surface area contributed by atoms with Gasteiger partial charge in [0.05, 0.1) is 17.6 Å². The fourth-order valence-corrected chi connectivity index (χ4v) is 3.54. The Morgan fingerprint density at radius 2 is 2.00 bits per heavy atom. The summed E-state index contributed by atoms with van der Waals surface area (Å²) in [5.41, 5.74) is 3.02. The number of rotatable bonds is 9. The highest BCUT2D eigenvalue weighted by molar-refractivity contribution is 6.30. The minimum absolute atomic E-state index is 0.00682. The average molecular weight is 424 g/mol. The van der Waals surface area contributed by atoms with Crippen LogP contribution in [0.2, 0.25) is 5.02 Å². The van der Waals surface area contributed by atoms with Crippen molar-refractivity contribution in [2.24, 2.45) is 0 Å². The van der Waals surface area contributed by atoms with Crippen molar-refractivity contribution in [3.63, 3.8) is 0 Å². The maximum atomic E-state index is 12.6. The van der Waals surface area contributed by atoms with Gasteiger partial charge < -0.3 is 10.3 Å². The molecular weight excluding hydrogens is 402 g/mol. The lowest BCUT2D eigenvalue weighted by atomic mass is 9.95. The maximum absolute atomic E-state index is 12.6. The van der Waals surface area contributed by atoms with Crippen molar-refractivity contribution < 1.29 is 4.79 Å². The molecule has 4 aromatic rings. The van der Waals surface area contributed by atoms with Gasteiger partial charge in [0.15, 0.2) is 0 Å². The van der Waals surface area contributed by atoms with E-state index in [4.69, 9.17) is 11.6 Å². The van der Waals surface area contributed by atoms with Gasteiger partial charge in [-0.05, 0) is 46.7 Å². The Hall–Kier alpha value is -3.26. The second-order valence-corrected chi connectivity index (χ2v) is 7.58. The number of para-hydroxylation sites is 2. The first-order valence-electron chi connectivity index (χ1n) is 9.84. The van der Waals surface area contributed by atoms with Crippen molar-refractivity contribution in [1.29, 1.82) is 0 Å². The van der Waals surface area contributed by atoms with E-state index in [0.717, 1.165) is 35.3 Å². The Morgan fingerprint density at radius 1 is 1.17 bits per heavy atom. The van der Waals surface area contributed by atoms with E-state index in [1.54, 1.807) is 11.0 Å². The van der Waals surface area contributed by atoms with Crippen molar-refractivity contribution in [1.82, 2.24) is 35.5 Å². The molecule has 0 aliphatic carbocycles. The largest absolute Gasteiger partial charge is 0.356 e. The number of H-pyrrole nitrogens is 1. The van der Waals surface area contributed by atoms with Crippen LogP contribution in [0.4, 0.5) is 0 Å². The highest BCUT2D eigenvalue weighted by Gasteiger charge is 2.17. The standard InChI is InChI=1S/C21H22ClN7O/c22-17-9-7-15(8-10-17)16(13-29-14-24-27-28-29)12-21(30)23-11-3-6-20-25-18-4-1-2-5-19(18)26-20/h1-2,4-5,7-10,14,16H,3,6,11-13H2,(H,23,30)(H,25,26)/t16-/m0/s1. The average Bonchev–Trinajstić information content (AvgIpc) is 3.40. The van der Waals surface area contributed by atoms with Crippen LogP contribution in [-0.2, 0) is 17.8 Å². The van der Waals surface area contributed by atoms with Gasteiger partial charge >= 0.3 is 0 Å². The van der Waals surface area contributed by atoms with Gasteiger partial charge in [-0.25, -0.2) is 9.67 Å². The van der Waals surface area contributed by atoms with E-state index in [9.17, 15) is 4.79 Å². The number of aromatic nitrogens is 6.